The molecule has 0 aliphatic carbocycles. The Morgan fingerprint density at radius 2 is 0.370 bits per heavy atom. The summed E-state index contributed by atoms with van der Waals surface area (Å²) in [6.07, 6.45) is 0. The molecule has 0 amide bonds. The van der Waals surface area contributed by atoms with Crippen molar-refractivity contribution in [2.24, 2.45) is 61.4 Å². The van der Waals surface area contributed by atoms with Crippen LogP contribution in [0.5, 0.6) is 17.2 Å². The molecule has 0 heterocycles. The molecule has 35 heteroatoms. The number of carboxylic acids is 3. The van der Waals surface area contributed by atoms with E-state index in [1.165, 1.54) is 127 Å². The largest absolute Gasteiger partial charge is 0.507 e. The Morgan fingerprint density at radius 3 is 0.511 bits per heavy atom. The van der Waals surface area contributed by atoms with Gasteiger partial charge >= 0.3 is 17.9 Å². The molecule has 6 radical (unpaired) electrons. The molecule has 9 rings (SSSR count). The molecule has 0 aliphatic heterocycles. The molecule has 9 aromatic carbocycles. The van der Waals surface area contributed by atoms with E-state index in [0.29, 0.717) is 51.2 Å². The molecular weight excluding hydrogens is 1290 g/mol. The number of hydrogen-bond donors (Lipinski definition) is 9. The smallest absolute Gasteiger partial charge is 0.339 e. The summed E-state index contributed by atoms with van der Waals surface area (Å²) in [5.74, 6) is -4.89. The average Bonchev–Trinajstić information content (AvgIpc) is 1.48. The van der Waals surface area contributed by atoms with Crippen molar-refractivity contribution in [3.63, 3.8) is 0 Å². The summed E-state index contributed by atoms with van der Waals surface area (Å²) in [6.45, 7) is 0. The summed E-state index contributed by atoms with van der Waals surface area (Å²) in [4.78, 5) is 32.4. The number of carboxylic acid groups (broad SMARTS) is 3. The molecule has 9 N–H and O–H groups in total. The second-order valence-corrected chi connectivity index (χ2v) is 21.9. The number of carbonyl (C=O) groups is 3. The van der Waals surface area contributed by atoms with Gasteiger partial charge in [0.25, 0.3) is 30.4 Å². The quantitative estimate of drug-likeness (QED) is 0.0219. The Kier molecular flexibility index (Phi) is 25.5. The highest BCUT2D eigenvalue weighted by Crippen LogP contribution is 2.31. The van der Waals surface area contributed by atoms with E-state index < -0.39 is 48.3 Å². The molecular formula is C57H42Al2N12O18S3. The van der Waals surface area contributed by atoms with Gasteiger partial charge in [-0.05, 0) is 200 Å². The first-order valence-electron chi connectivity index (χ1n) is 24.9. The molecule has 0 aliphatic rings. The van der Waals surface area contributed by atoms with Crippen LogP contribution in [0.2, 0.25) is 0 Å². The zero-order valence-electron chi connectivity index (χ0n) is 46.5. The van der Waals surface area contributed by atoms with Crippen LogP contribution in [-0.2, 0) is 30.4 Å². The standard InChI is InChI=1S/3C19H14N4O6S.2Al/c3*24-18-10-7-15(11-17(18)19(25)26)23-22-13-3-1-12(2-4-13)20-21-14-5-8-16(9-6-14)30(27,28)29;;/h3*1-11,24H,(H,25,26)(H,27,28,29);;. The van der Waals surface area contributed by atoms with Crippen molar-refractivity contribution >= 4 is 151 Å². The van der Waals surface area contributed by atoms with Gasteiger partial charge in [-0.1, -0.05) is 0 Å². The molecule has 0 fully saturated rings. The highest BCUT2D eigenvalue weighted by atomic mass is 32.2. The lowest BCUT2D eigenvalue weighted by molar-refractivity contribution is 0.0682. The van der Waals surface area contributed by atoms with Gasteiger partial charge in [0.05, 0.1) is 82.9 Å². The minimum absolute atomic E-state index is 0. The number of benzene rings is 9. The van der Waals surface area contributed by atoms with Gasteiger partial charge in [0, 0.05) is 34.7 Å². The number of nitrogens with zero attached hydrogens (tertiary/aromatic N) is 12. The van der Waals surface area contributed by atoms with E-state index in [9.17, 15) is 55.0 Å². The predicted molar refractivity (Wildman–Crippen MR) is 330 cm³/mol. The topological polar surface area (TPSA) is 484 Å². The normalized spacial score (nSPS) is 11.6. The van der Waals surface area contributed by atoms with Crippen LogP contribution >= 0.6 is 0 Å². The van der Waals surface area contributed by atoms with E-state index in [4.69, 9.17) is 29.0 Å². The number of azo groups is 6. The molecule has 0 atom stereocenters. The highest BCUT2D eigenvalue weighted by molar-refractivity contribution is 7.86. The Bertz CT molecular complexity index is 4200. The van der Waals surface area contributed by atoms with Crippen LogP contribution < -0.4 is 0 Å². The van der Waals surface area contributed by atoms with E-state index in [0.717, 1.165) is 0 Å². The summed E-state index contributed by atoms with van der Waals surface area (Å²) in [7, 11) is -12.8. The first-order chi connectivity index (χ1) is 42.7. The molecule has 9 aromatic rings. The summed E-state index contributed by atoms with van der Waals surface area (Å²) < 4.78 is 92.9. The highest BCUT2D eigenvalue weighted by Gasteiger charge is 2.14. The van der Waals surface area contributed by atoms with Gasteiger partial charge in [-0.3, -0.25) is 13.7 Å². The number of hydrogen-bond acceptors (Lipinski definition) is 24. The van der Waals surface area contributed by atoms with Gasteiger partial charge in [0.1, 0.15) is 33.9 Å². The third-order valence-corrected chi connectivity index (χ3v) is 13.9. The first-order valence-corrected chi connectivity index (χ1v) is 29.2. The number of phenols is 3. The molecule has 30 nitrogen and oxygen atoms in total. The SMILES string of the molecule is O=C(O)c1cc(N=Nc2ccc(N=Nc3ccc(S(=O)(=O)O)cc3)cc2)ccc1O.O=C(O)c1cc(N=Nc2ccc(N=Nc3ccc(S(=O)(=O)O)cc3)cc2)ccc1O.O=C(O)c1cc(N=Nc2ccc(N=Nc3ccc(S(=O)(=O)O)cc3)cc2)ccc1O.[Al].[Al]. The van der Waals surface area contributed by atoms with Crippen molar-refractivity contribution in [3.05, 3.63) is 217 Å². The Morgan fingerprint density at radius 1 is 0.239 bits per heavy atom. The maximum Gasteiger partial charge on any atom is 0.339 e. The Labute approximate surface area is 542 Å². The first kappa shape index (κ1) is 71.9. The second-order valence-electron chi connectivity index (χ2n) is 17.7. The zero-order valence-corrected chi connectivity index (χ0v) is 51.3. The monoisotopic (exact) mass is 1330 g/mol. The summed E-state index contributed by atoms with van der Waals surface area (Å²) in [5, 5.41) is 103. The molecule has 0 saturated heterocycles. The molecule has 0 bridgehead atoms. The van der Waals surface area contributed by atoms with E-state index in [1.807, 2.05) is 0 Å². The Hall–Kier alpha value is -10.8. The van der Waals surface area contributed by atoms with Crippen LogP contribution in [0.25, 0.3) is 0 Å². The van der Waals surface area contributed by atoms with Crippen molar-refractivity contribution in [3.8, 4) is 17.2 Å². The fourth-order valence-electron chi connectivity index (χ4n) is 6.78. The number of aromatic carboxylic acids is 3. The fourth-order valence-corrected chi connectivity index (χ4v) is 8.22. The van der Waals surface area contributed by atoms with Crippen molar-refractivity contribution in [2.75, 3.05) is 0 Å². The van der Waals surface area contributed by atoms with Gasteiger partial charge in [-0.2, -0.15) is 86.6 Å². The number of rotatable bonds is 18. The lowest BCUT2D eigenvalue weighted by Crippen LogP contribution is -1.96. The van der Waals surface area contributed by atoms with Crippen molar-refractivity contribution in [2.45, 2.75) is 14.7 Å². The lowest BCUT2D eigenvalue weighted by Gasteiger charge is -2.00. The number of aromatic hydroxyl groups is 3. The van der Waals surface area contributed by atoms with Gasteiger partial charge < -0.3 is 30.6 Å². The molecule has 92 heavy (non-hydrogen) atoms. The third-order valence-electron chi connectivity index (χ3n) is 11.3. The van der Waals surface area contributed by atoms with E-state index in [-0.39, 0.29) is 100 Å². The van der Waals surface area contributed by atoms with Crippen LogP contribution in [0.1, 0.15) is 31.1 Å². The van der Waals surface area contributed by atoms with Crippen LogP contribution in [0, 0.1) is 0 Å². The van der Waals surface area contributed by atoms with Crippen molar-refractivity contribution in [1.29, 1.82) is 0 Å². The molecule has 0 spiro atoms. The van der Waals surface area contributed by atoms with Crippen molar-refractivity contribution in [1.82, 2.24) is 0 Å². The van der Waals surface area contributed by atoms with Gasteiger partial charge in [0.2, 0.25) is 0 Å². The fraction of sp³-hybridized carbons (Fsp3) is 0. The van der Waals surface area contributed by atoms with Gasteiger partial charge in [0.15, 0.2) is 0 Å². The van der Waals surface area contributed by atoms with Crippen LogP contribution in [0.15, 0.2) is 276 Å². The minimum Gasteiger partial charge on any atom is -0.507 e. The Balaban J connectivity index is 0.000000248. The van der Waals surface area contributed by atoms with E-state index >= 15 is 0 Å². The van der Waals surface area contributed by atoms with Crippen LogP contribution in [0.3, 0.4) is 0 Å². The molecule has 0 unspecified atom stereocenters. The zero-order chi connectivity index (χ0) is 65.2. The summed E-state index contributed by atoms with van der Waals surface area (Å²) >= 11 is 0. The maximum absolute atomic E-state index is 11.0. The van der Waals surface area contributed by atoms with E-state index in [1.54, 1.807) is 72.8 Å². The minimum atomic E-state index is -4.26. The predicted octanol–water partition coefficient (Wildman–Crippen LogP) is 14.7. The van der Waals surface area contributed by atoms with E-state index in [2.05, 4.69) is 61.4 Å². The molecule has 0 aromatic heterocycles. The van der Waals surface area contributed by atoms with Gasteiger partial charge in [-0.15, -0.1) is 0 Å². The van der Waals surface area contributed by atoms with Crippen LogP contribution in [-0.4, -0.2) is 122 Å². The average molecular weight is 1330 g/mol. The second kappa shape index (κ2) is 32.6. The summed E-state index contributed by atoms with van der Waals surface area (Å²) in [5.41, 5.74) is 4.14. The lowest BCUT2D eigenvalue weighted by atomic mass is 10.2. The molecule has 462 valence electrons. The molecule has 0 saturated carbocycles. The van der Waals surface area contributed by atoms with Crippen molar-refractivity contribution < 1.29 is 83.9 Å². The van der Waals surface area contributed by atoms with Crippen LogP contribution in [0.4, 0.5) is 68.2 Å². The third kappa shape index (κ3) is 22.0. The maximum atomic E-state index is 11.0. The summed E-state index contributed by atoms with van der Waals surface area (Å²) in [6, 6.07) is 46.8. The van der Waals surface area contributed by atoms with Gasteiger partial charge in [-0.25, -0.2) is 14.4 Å².